The molecule has 0 amide bonds. The van der Waals surface area contributed by atoms with E-state index in [0.29, 0.717) is 12.2 Å². The molecule has 0 aromatic heterocycles. The van der Waals surface area contributed by atoms with Crippen molar-refractivity contribution in [1.29, 1.82) is 0 Å². The first-order valence-electron chi connectivity index (χ1n) is 17.3. The summed E-state index contributed by atoms with van der Waals surface area (Å²) < 4.78 is 24.4. The molecule has 4 nitrogen and oxygen atoms in total. The summed E-state index contributed by atoms with van der Waals surface area (Å²) >= 11 is 0. The van der Waals surface area contributed by atoms with Crippen molar-refractivity contribution in [2.24, 2.45) is 17.8 Å². The SMILES string of the molecule is C=C1CCC(OCCCCCCOc2ccc(OCCCCOC3CCC(C4CCC(C)CC4)CC3)c(C)c2)CC1. The van der Waals surface area contributed by atoms with Crippen LogP contribution >= 0.6 is 0 Å². The maximum absolute atomic E-state index is 6.25. The van der Waals surface area contributed by atoms with Crippen molar-refractivity contribution in [2.75, 3.05) is 26.4 Å². The van der Waals surface area contributed by atoms with E-state index in [1.165, 1.54) is 69.8 Å². The van der Waals surface area contributed by atoms with Crippen LogP contribution in [0.15, 0.2) is 30.4 Å². The van der Waals surface area contributed by atoms with E-state index >= 15 is 0 Å². The van der Waals surface area contributed by atoms with E-state index in [0.717, 1.165) is 113 Å². The molecule has 0 N–H and O–H groups in total. The largest absolute Gasteiger partial charge is 0.494 e. The molecular weight excluding hydrogens is 508 g/mol. The van der Waals surface area contributed by atoms with Gasteiger partial charge >= 0.3 is 0 Å². The Labute approximate surface area is 251 Å². The minimum atomic E-state index is 0.461. The second-order valence-corrected chi connectivity index (χ2v) is 13.5. The van der Waals surface area contributed by atoms with E-state index < -0.39 is 0 Å². The summed E-state index contributed by atoms with van der Waals surface area (Å²) in [7, 11) is 0. The van der Waals surface area contributed by atoms with E-state index in [1.807, 2.05) is 6.07 Å². The maximum Gasteiger partial charge on any atom is 0.122 e. The lowest BCUT2D eigenvalue weighted by molar-refractivity contribution is 0.00494. The van der Waals surface area contributed by atoms with Crippen LogP contribution in [0.25, 0.3) is 0 Å². The number of ether oxygens (including phenoxy) is 4. The summed E-state index contributed by atoms with van der Waals surface area (Å²) in [4.78, 5) is 0. The Morgan fingerprint density at radius 3 is 1.83 bits per heavy atom. The molecular formula is C37H60O4. The second-order valence-electron chi connectivity index (χ2n) is 13.5. The minimum absolute atomic E-state index is 0.461. The fourth-order valence-corrected chi connectivity index (χ4v) is 7.16. The van der Waals surface area contributed by atoms with Gasteiger partial charge in [-0.05, 0) is 145 Å². The zero-order valence-corrected chi connectivity index (χ0v) is 26.5. The number of rotatable bonds is 17. The number of unbranched alkanes of at least 4 members (excludes halogenated alkanes) is 4. The van der Waals surface area contributed by atoms with Crippen LogP contribution in [0.2, 0.25) is 0 Å². The first-order chi connectivity index (χ1) is 20.1. The Hall–Kier alpha value is -1.52. The number of benzene rings is 1. The third kappa shape index (κ3) is 11.9. The molecule has 0 bridgehead atoms. The molecule has 1 aromatic rings. The smallest absolute Gasteiger partial charge is 0.122 e. The summed E-state index contributed by atoms with van der Waals surface area (Å²) in [6.07, 6.45) is 23.5. The van der Waals surface area contributed by atoms with E-state index in [-0.39, 0.29) is 0 Å². The number of hydrogen-bond acceptors (Lipinski definition) is 4. The minimum Gasteiger partial charge on any atom is -0.494 e. The Morgan fingerprint density at radius 1 is 0.634 bits per heavy atom. The highest BCUT2D eigenvalue weighted by molar-refractivity contribution is 5.39. The zero-order valence-electron chi connectivity index (χ0n) is 26.5. The first-order valence-corrected chi connectivity index (χ1v) is 17.3. The van der Waals surface area contributed by atoms with E-state index in [2.05, 4.69) is 32.6 Å². The van der Waals surface area contributed by atoms with Gasteiger partial charge in [0.2, 0.25) is 0 Å². The molecule has 0 heterocycles. The predicted octanol–water partition coefficient (Wildman–Crippen LogP) is 10.0. The van der Waals surface area contributed by atoms with Crippen LogP contribution in [-0.4, -0.2) is 38.6 Å². The van der Waals surface area contributed by atoms with Crippen LogP contribution in [0.3, 0.4) is 0 Å². The monoisotopic (exact) mass is 568 g/mol. The van der Waals surface area contributed by atoms with Crippen LogP contribution in [0.5, 0.6) is 11.5 Å². The highest BCUT2D eigenvalue weighted by Gasteiger charge is 2.30. The average Bonchev–Trinajstić information content (AvgIpc) is 2.99. The van der Waals surface area contributed by atoms with Crippen LogP contribution in [-0.2, 0) is 9.47 Å². The first kappa shape index (κ1) is 32.4. The molecule has 3 aliphatic carbocycles. The third-order valence-electron chi connectivity index (χ3n) is 10.0. The fraction of sp³-hybridized carbons (Fsp3) is 0.784. The summed E-state index contributed by atoms with van der Waals surface area (Å²) in [6.45, 7) is 11.9. The number of allylic oxidation sites excluding steroid dienone is 1. The lowest BCUT2D eigenvalue weighted by Crippen LogP contribution is -2.28. The molecule has 0 atom stereocenters. The van der Waals surface area contributed by atoms with Crippen molar-refractivity contribution in [3.63, 3.8) is 0 Å². The summed E-state index contributed by atoms with van der Waals surface area (Å²) in [5.74, 6) is 4.84. The normalized spacial score (nSPS) is 25.8. The molecule has 3 aliphatic rings. The summed E-state index contributed by atoms with van der Waals surface area (Å²) in [6, 6.07) is 6.21. The number of hydrogen-bond donors (Lipinski definition) is 0. The Bertz CT molecular complexity index is 856. The van der Waals surface area contributed by atoms with Gasteiger partial charge in [-0.1, -0.05) is 38.3 Å². The highest BCUT2D eigenvalue weighted by Crippen LogP contribution is 2.40. The highest BCUT2D eigenvalue weighted by atomic mass is 16.5. The fourth-order valence-electron chi connectivity index (χ4n) is 7.16. The molecule has 0 saturated heterocycles. The molecule has 0 aliphatic heterocycles. The molecule has 4 rings (SSSR count). The molecule has 0 unspecified atom stereocenters. The summed E-state index contributed by atoms with van der Waals surface area (Å²) in [5.41, 5.74) is 2.54. The van der Waals surface area contributed by atoms with E-state index in [1.54, 1.807) is 0 Å². The van der Waals surface area contributed by atoms with Crippen LogP contribution in [0.4, 0.5) is 0 Å². The van der Waals surface area contributed by atoms with Gasteiger partial charge in [0.15, 0.2) is 0 Å². The third-order valence-corrected chi connectivity index (χ3v) is 10.0. The van der Waals surface area contributed by atoms with Gasteiger partial charge < -0.3 is 18.9 Å². The molecule has 232 valence electrons. The lowest BCUT2D eigenvalue weighted by atomic mass is 9.71. The Kier molecular flexibility index (Phi) is 14.4. The van der Waals surface area contributed by atoms with Crippen molar-refractivity contribution in [3.8, 4) is 11.5 Å². The maximum atomic E-state index is 6.25. The van der Waals surface area contributed by atoms with Gasteiger partial charge in [-0.25, -0.2) is 0 Å². The molecule has 4 heteroatoms. The van der Waals surface area contributed by atoms with Gasteiger partial charge in [0, 0.05) is 13.2 Å². The van der Waals surface area contributed by atoms with Gasteiger partial charge in [-0.15, -0.1) is 0 Å². The van der Waals surface area contributed by atoms with Crippen molar-refractivity contribution in [3.05, 3.63) is 35.9 Å². The van der Waals surface area contributed by atoms with Crippen LogP contribution in [0, 0.1) is 24.7 Å². The lowest BCUT2D eigenvalue weighted by Gasteiger charge is -2.37. The van der Waals surface area contributed by atoms with E-state index in [9.17, 15) is 0 Å². The Balaban J connectivity index is 0.965. The van der Waals surface area contributed by atoms with Crippen molar-refractivity contribution >= 4 is 0 Å². The molecule has 3 fully saturated rings. The van der Waals surface area contributed by atoms with E-state index in [4.69, 9.17) is 18.9 Å². The molecule has 0 spiro atoms. The molecule has 41 heavy (non-hydrogen) atoms. The van der Waals surface area contributed by atoms with Gasteiger partial charge in [0.25, 0.3) is 0 Å². The number of aryl methyl sites for hydroxylation is 1. The van der Waals surface area contributed by atoms with Gasteiger partial charge in [-0.3, -0.25) is 0 Å². The average molecular weight is 569 g/mol. The zero-order chi connectivity index (χ0) is 28.7. The standard InChI is InChI=1S/C37H60O4/c1-29-10-14-32(15-11-29)33-16-20-35(21-17-33)39-26-8-9-27-41-37-23-22-36(28-31(37)3)40-25-7-5-4-6-24-38-34-18-12-30(2)13-19-34/h22-23,28-29,32-35H,2,4-21,24-27H2,1,3H3. The summed E-state index contributed by atoms with van der Waals surface area (Å²) in [5, 5.41) is 0. The van der Waals surface area contributed by atoms with Crippen molar-refractivity contribution < 1.29 is 18.9 Å². The second kappa shape index (κ2) is 18.2. The topological polar surface area (TPSA) is 36.9 Å². The van der Waals surface area contributed by atoms with Crippen molar-refractivity contribution in [2.45, 2.75) is 142 Å². The van der Waals surface area contributed by atoms with Crippen LogP contribution < -0.4 is 9.47 Å². The van der Waals surface area contributed by atoms with Gasteiger partial charge in [0.05, 0.1) is 25.4 Å². The molecule has 1 aromatic carbocycles. The van der Waals surface area contributed by atoms with Gasteiger partial charge in [-0.2, -0.15) is 0 Å². The Morgan fingerprint density at radius 2 is 1.17 bits per heavy atom. The van der Waals surface area contributed by atoms with Crippen molar-refractivity contribution in [1.82, 2.24) is 0 Å². The van der Waals surface area contributed by atoms with Gasteiger partial charge in [0.1, 0.15) is 11.5 Å². The quantitative estimate of drug-likeness (QED) is 0.138. The predicted molar refractivity (Wildman–Crippen MR) is 170 cm³/mol. The molecule has 0 radical (unpaired) electrons. The molecule has 3 saturated carbocycles. The van der Waals surface area contributed by atoms with Crippen LogP contribution in [0.1, 0.15) is 128 Å².